The lowest BCUT2D eigenvalue weighted by Crippen LogP contribution is -2.61. The molecule has 0 bridgehead atoms. The van der Waals surface area contributed by atoms with E-state index >= 15 is 0 Å². The first kappa shape index (κ1) is 28.6. The molecule has 1 fully saturated rings. The minimum atomic E-state index is -2.56. The zero-order valence-electron chi connectivity index (χ0n) is 23.0. The number of benzene rings is 1. The van der Waals surface area contributed by atoms with E-state index in [0.717, 1.165) is 0 Å². The summed E-state index contributed by atoms with van der Waals surface area (Å²) in [5.74, 6) is 0.458. The van der Waals surface area contributed by atoms with Gasteiger partial charge >= 0.3 is 6.09 Å². The van der Waals surface area contributed by atoms with Crippen LogP contribution in [0.4, 0.5) is 19.4 Å². The maximum absolute atomic E-state index is 12.9. The third-order valence-electron chi connectivity index (χ3n) is 6.21. The Morgan fingerprint density at radius 2 is 1.80 bits per heavy atom. The SMILES string of the molecule is CNC(=O)C1CN(c2ccc(OCc3c(C)nnn3-c3ccc(C(F)F)cc3)nn2)CCN1C(=O)OC(C)(C)C. The van der Waals surface area contributed by atoms with Crippen molar-refractivity contribution >= 4 is 17.8 Å². The normalized spacial score (nSPS) is 15.8. The van der Waals surface area contributed by atoms with Gasteiger partial charge in [-0.3, -0.25) is 9.69 Å². The van der Waals surface area contributed by atoms with Gasteiger partial charge in [0.15, 0.2) is 5.82 Å². The molecule has 214 valence electrons. The van der Waals surface area contributed by atoms with E-state index < -0.39 is 24.2 Å². The molecule has 3 heterocycles. The van der Waals surface area contributed by atoms with Gasteiger partial charge in [-0.1, -0.05) is 17.3 Å². The number of piperazine rings is 1. The molecule has 1 aliphatic heterocycles. The van der Waals surface area contributed by atoms with E-state index in [1.165, 1.54) is 28.8 Å². The highest BCUT2D eigenvalue weighted by molar-refractivity contribution is 5.86. The van der Waals surface area contributed by atoms with Crippen LogP contribution in [0.15, 0.2) is 36.4 Å². The number of amides is 2. The van der Waals surface area contributed by atoms with E-state index in [0.29, 0.717) is 29.4 Å². The van der Waals surface area contributed by atoms with Crippen LogP contribution < -0.4 is 15.0 Å². The summed E-state index contributed by atoms with van der Waals surface area (Å²) in [4.78, 5) is 28.6. The number of hydrogen-bond donors (Lipinski definition) is 1. The Kier molecular flexibility index (Phi) is 8.45. The number of carbonyl (C=O) groups is 2. The van der Waals surface area contributed by atoms with E-state index in [-0.39, 0.29) is 37.0 Å². The van der Waals surface area contributed by atoms with E-state index in [1.54, 1.807) is 52.0 Å². The minimum Gasteiger partial charge on any atom is -0.470 e. The predicted octanol–water partition coefficient (Wildman–Crippen LogP) is 3.05. The lowest BCUT2D eigenvalue weighted by Gasteiger charge is -2.40. The standard InChI is InChI=1S/C26H32F2N8O4/c1-16-20(36(33-30-16)18-8-6-17(7-9-18)23(27)28)15-39-22-11-10-21(31-32-22)34-12-13-35(19(14-34)24(37)29-5)25(38)40-26(2,3)4/h6-11,19,23H,12-15H2,1-5H3,(H,29,37). The number of rotatable bonds is 7. The molecular formula is C26H32F2N8O4. The lowest BCUT2D eigenvalue weighted by molar-refractivity contribution is -0.126. The Labute approximate surface area is 230 Å². The fourth-order valence-electron chi connectivity index (χ4n) is 4.13. The molecule has 0 radical (unpaired) electrons. The number of aromatic nitrogens is 5. The molecule has 40 heavy (non-hydrogen) atoms. The average molecular weight is 559 g/mol. The molecule has 12 nitrogen and oxygen atoms in total. The predicted molar refractivity (Wildman–Crippen MR) is 140 cm³/mol. The summed E-state index contributed by atoms with van der Waals surface area (Å²) in [6, 6.07) is 8.37. The molecule has 1 atom stereocenters. The molecule has 4 rings (SSSR count). The van der Waals surface area contributed by atoms with Gasteiger partial charge in [-0.15, -0.1) is 15.3 Å². The van der Waals surface area contributed by atoms with Crippen molar-refractivity contribution in [2.45, 2.75) is 52.4 Å². The second-order valence-corrected chi connectivity index (χ2v) is 10.2. The van der Waals surface area contributed by atoms with Crippen LogP contribution in [0.2, 0.25) is 0 Å². The number of carbonyl (C=O) groups excluding carboxylic acids is 2. The van der Waals surface area contributed by atoms with Crippen LogP contribution in [0.1, 0.15) is 44.1 Å². The van der Waals surface area contributed by atoms with Gasteiger partial charge < -0.3 is 19.7 Å². The molecule has 1 unspecified atom stereocenters. The van der Waals surface area contributed by atoms with Crippen molar-refractivity contribution in [1.82, 2.24) is 35.4 Å². The van der Waals surface area contributed by atoms with Crippen LogP contribution in [0.25, 0.3) is 5.69 Å². The number of ether oxygens (including phenoxy) is 2. The zero-order valence-corrected chi connectivity index (χ0v) is 23.0. The monoisotopic (exact) mass is 558 g/mol. The quantitative estimate of drug-likeness (QED) is 0.465. The van der Waals surface area contributed by atoms with E-state index in [4.69, 9.17) is 9.47 Å². The number of aryl methyl sites for hydroxylation is 1. The third kappa shape index (κ3) is 6.61. The van der Waals surface area contributed by atoms with E-state index in [1.807, 2.05) is 4.90 Å². The van der Waals surface area contributed by atoms with Crippen molar-refractivity contribution in [2.75, 3.05) is 31.6 Å². The Balaban J connectivity index is 1.42. The summed E-state index contributed by atoms with van der Waals surface area (Å²) < 4.78 is 38.6. The van der Waals surface area contributed by atoms with Gasteiger partial charge in [-0.25, -0.2) is 18.3 Å². The number of alkyl halides is 2. The summed E-state index contributed by atoms with van der Waals surface area (Å²) >= 11 is 0. The summed E-state index contributed by atoms with van der Waals surface area (Å²) in [7, 11) is 1.52. The van der Waals surface area contributed by atoms with Crippen molar-refractivity contribution in [1.29, 1.82) is 0 Å². The van der Waals surface area contributed by atoms with Crippen LogP contribution in [0.3, 0.4) is 0 Å². The highest BCUT2D eigenvalue weighted by atomic mass is 19.3. The Hall–Kier alpha value is -4.36. The molecule has 3 aromatic rings. The molecule has 14 heteroatoms. The molecule has 0 saturated carbocycles. The van der Waals surface area contributed by atoms with Crippen molar-refractivity contribution in [3.63, 3.8) is 0 Å². The largest absolute Gasteiger partial charge is 0.470 e. The number of nitrogens with one attached hydrogen (secondary N) is 1. The lowest BCUT2D eigenvalue weighted by atomic mass is 10.1. The van der Waals surface area contributed by atoms with Crippen molar-refractivity contribution < 1.29 is 27.8 Å². The number of halogens is 2. The molecule has 2 amide bonds. The van der Waals surface area contributed by atoms with Crippen LogP contribution >= 0.6 is 0 Å². The smallest absolute Gasteiger partial charge is 0.411 e. The van der Waals surface area contributed by atoms with Gasteiger partial charge in [0.2, 0.25) is 11.8 Å². The van der Waals surface area contributed by atoms with Gasteiger partial charge in [0.25, 0.3) is 6.43 Å². The van der Waals surface area contributed by atoms with Crippen molar-refractivity contribution in [3.05, 3.63) is 53.3 Å². The maximum Gasteiger partial charge on any atom is 0.411 e. The molecule has 0 spiro atoms. The molecular weight excluding hydrogens is 526 g/mol. The maximum atomic E-state index is 12.9. The summed E-state index contributed by atoms with van der Waals surface area (Å²) in [5, 5.41) is 19.2. The fraction of sp³-hybridized carbons (Fsp3) is 0.462. The van der Waals surface area contributed by atoms with Gasteiger partial charge in [0.05, 0.1) is 11.4 Å². The van der Waals surface area contributed by atoms with Crippen LogP contribution in [-0.4, -0.2) is 80.4 Å². The highest BCUT2D eigenvalue weighted by Crippen LogP contribution is 2.23. The molecule has 2 aromatic heterocycles. The number of likely N-dealkylation sites (N-methyl/N-ethyl adjacent to an activating group) is 1. The first-order chi connectivity index (χ1) is 19.0. The topological polar surface area (TPSA) is 128 Å². The number of anilines is 1. The van der Waals surface area contributed by atoms with Gasteiger partial charge in [-0.05, 0) is 45.9 Å². The fourth-order valence-corrected chi connectivity index (χ4v) is 4.13. The Morgan fingerprint density at radius 1 is 1.07 bits per heavy atom. The first-order valence-electron chi connectivity index (χ1n) is 12.7. The summed E-state index contributed by atoms with van der Waals surface area (Å²) in [5.41, 5.74) is 1.05. The Bertz CT molecular complexity index is 1330. The number of hydrogen-bond acceptors (Lipinski definition) is 9. The molecule has 1 aromatic carbocycles. The van der Waals surface area contributed by atoms with E-state index in [2.05, 4.69) is 25.8 Å². The molecule has 1 N–H and O–H groups in total. The molecule has 1 aliphatic rings. The van der Waals surface area contributed by atoms with Crippen LogP contribution in [-0.2, 0) is 16.1 Å². The summed E-state index contributed by atoms with van der Waals surface area (Å²) in [6.45, 7) is 8.05. The summed E-state index contributed by atoms with van der Waals surface area (Å²) in [6.07, 6.45) is -3.11. The van der Waals surface area contributed by atoms with Crippen molar-refractivity contribution in [2.24, 2.45) is 0 Å². The third-order valence-corrected chi connectivity index (χ3v) is 6.21. The van der Waals surface area contributed by atoms with Gasteiger partial charge in [-0.2, -0.15) is 0 Å². The second-order valence-electron chi connectivity index (χ2n) is 10.2. The average Bonchev–Trinajstić information content (AvgIpc) is 3.30. The molecule has 1 saturated heterocycles. The first-order valence-corrected chi connectivity index (χ1v) is 12.7. The minimum absolute atomic E-state index is 0.0662. The molecule has 0 aliphatic carbocycles. The van der Waals surface area contributed by atoms with E-state index in [9.17, 15) is 18.4 Å². The van der Waals surface area contributed by atoms with Gasteiger partial charge in [0.1, 0.15) is 23.9 Å². The second kappa shape index (κ2) is 11.8. The van der Waals surface area contributed by atoms with Crippen molar-refractivity contribution in [3.8, 4) is 11.6 Å². The number of nitrogens with zero attached hydrogens (tertiary/aromatic N) is 7. The zero-order chi connectivity index (χ0) is 29.0. The van der Waals surface area contributed by atoms with Gasteiger partial charge in [0, 0.05) is 38.3 Å². The van der Waals surface area contributed by atoms with Crippen LogP contribution in [0.5, 0.6) is 5.88 Å². The van der Waals surface area contributed by atoms with Crippen LogP contribution in [0, 0.1) is 6.92 Å². The Morgan fingerprint density at radius 3 is 2.40 bits per heavy atom. The highest BCUT2D eigenvalue weighted by Gasteiger charge is 2.37.